The van der Waals surface area contributed by atoms with E-state index < -0.39 is 0 Å². The molecule has 4 heterocycles. The van der Waals surface area contributed by atoms with Crippen molar-refractivity contribution in [1.82, 2.24) is 34.4 Å². The van der Waals surface area contributed by atoms with E-state index in [0.717, 1.165) is 47.9 Å². The van der Waals surface area contributed by atoms with Gasteiger partial charge in [-0.05, 0) is 30.4 Å². The molecule has 0 aliphatic carbocycles. The molecule has 1 N–H and O–H groups in total. The molecule has 3 aromatic heterocycles. The van der Waals surface area contributed by atoms with Crippen molar-refractivity contribution in [3.63, 3.8) is 0 Å². The summed E-state index contributed by atoms with van der Waals surface area (Å²) >= 11 is 0. The maximum Gasteiger partial charge on any atom is 0.270 e. The number of hydrogen-bond acceptors (Lipinski definition) is 5. The summed E-state index contributed by atoms with van der Waals surface area (Å²) in [7, 11) is 0. The van der Waals surface area contributed by atoms with Gasteiger partial charge in [0.15, 0.2) is 5.82 Å². The molecule has 0 fully saturated rings. The SMILES string of the molecule is CCc1nc2ncccn2c1C(=O)NCc1ccc(-c2nc3n(n2)CCC(C)C3)cc1. The summed E-state index contributed by atoms with van der Waals surface area (Å²) in [5, 5.41) is 7.67. The van der Waals surface area contributed by atoms with Crippen molar-refractivity contribution in [2.45, 2.75) is 46.2 Å². The molecule has 1 aliphatic rings. The average molecular weight is 416 g/mol. The van der Waals surface area contributed by atoms with E-state index in [0.29, 0.717) is 30.4 Å². The zero-order valence-electron chi connectivity index (χ0n) is 17.7. The van der Waals surface area contributed by atoms with E-state index in [1.54, 1.807) is 16.7 Å². The summed E-state index contributed by atoms with van der Waals surface area (Å²) in [6.07, 6.45) is 6.29. The second-order valence-electron chi connectivity index (χ2n) is 8.10. The normalized spacial score (nSPS) is 15.7. The van der Waals surface area contributed by atoms with Crippen LogP contribution in [0.15, 0.2) is 42.7 Å². The first-order chi connectivity index (χ1) is 15.1. The van der Waals surface area contributed by atoms with Gasteiger partial charge in [-0.1, -0.05) is 38.1 Å². The fourth-order valence-corrected chi connectivity index (χ4v) is 4.04. The zero-order valence-corrected chi connectivity index (χ0v) is 17.7. The lowest BCUT2D eigenvalue weighted by Gasteiger charge is -2.17. The molecule has 1 aromatic carbocycles. The number of aryl methyl sites for hydroxylation is 2. The quantitative estimate of drug-likeness (QED) is 0.541. The summed E-state index contributed by atoms with van der Waals surface area (Å²) in [5.74, 6) is 2.88. The molecule has 8 nitrogen and oxygen atoms in total. The second kappa shape index (κ2) is 7.94. The summed E-state index contributed by atoms with van der Waals surface area (Å²) < 4.78 is 3.77. The molecule has 0 saturated carbocycles. The van der Waals surface area contributed by atoms with Crippen LogP contribution in [0, 0.1) is 5.92 Å². The third kappa shape index (κ3) is 3.69. The van der Waals surface area contributed by atoms with Gasteiger partial charge in [0.2, 0.25) is 5.78 Å². The first-order valence-electron chi connectivity index (χ1n) is 10.8. The number of amides is 1. The van der Waals surface area contributed by atoms with Crippen molar-refractivity contribution in [1.29, 1.82) is 0 Å². The highest BCUT2D eigenvalue weighted by atomic mass is 16.1. The van der Waals surface area contributed by atoms with Crippen molar-refractivity contribution >= 4 is 11.7 Å². The van der Waals surface area contributed by atoms with Gasteiger partial charge in [0.05, 0.1) is 5.69 Å². The van der Waals surface area contributed by atoms with Crippen LogP contribution in [0.2, 0.25) is 0 Å². The Morgan fingerprint density at radius 3 is 2.87 bits per heavy atom. The largest absolute Gasteiger partial charge is 0.347 e. The van der Waals surface area contributed by atoms with Gasteiger partial charge in [0.25, 0.3) is 5.91 Å². The summed E-state index contributed by atoms with van der Waals surface area (Å²) in [5.41, 5.74) is 3.30. The van der Waals surface area contributed by atoms with Crippen LogP contribution in [0.4, 0.5) is 0 Å². The van der Waals surface area contributed by atoms with E-state index in [2.05, 4.69) is 27.3 Å². The molecule has 1 aliphatic heterocycles. The van der Waals surface area contributed by atoms with Crippen LogP contribution in [-0.4, -0.2) is 35.0 Å². The minimum absolute atomic E-state index is 0.154. The minimum atomic E-state index is -0.154. The zero-order chi connectivity index (χ0) is 21.4. The predicted octanol–water partition coefficient (Wildman–Crippen LogP) is 3.06. The van der Waals surface area contributed by atoms with Gasteiger partial charge < -0.3 is 5.32 Å². The van der Waals surface area contributed by atoms with Crippen molar-refractivity contribution in [3.05, 3.63) is 65.5 Å². The van der Waals surface area contributed by atoms with E-state index in [9.17, 15) is 4.79 Å². The van der Waals surface area contributed by atoms with Crippen LogP contribution in [0.5, 0.6) is 0 Å². The molecular formula is C23H25N7O. The van der Waals surface area contributed by atoms with Crippen molar-refractivity contribution in [2.24, 2.45) is 5.92 Å². The number of carbonyl (C=O) groups excluding carboxylic acids is 1. The number of benzene rings is 1. The summed E-state index contributed by atoms with van der Waals surface area (Å²) in [4.78, 5) is 26.3. The molecular weight excluding hydrogens is 390 g/mol. The van der Waals surface area contributed by atoms with Gasteiger partial charge in [-0.15, -0.1) is 0 Å². The van der Waals surface area contributed by atoms with Gasteiger partial charge in [0, 0.05) is 37.5 Å². The number of aromatic nitrogens is 6. The summed E-state index contributed by atoms with van der Waals surface area (Å²) in [6, 6.07) is 9.85. The molecule has 0 spiro atoms. The maximum absolute atomic E-state index is 12.9. The maximum atomic E-state index is 12.9. The first-order valence-corrected chi connectivity index (χ1v) is 10.8. The Morgan fingerprint density at radius 1 is 1.23 bits per heavy atom. The molecule has 0 bridgehead atoms. The molecule has 1 amide bonds. The highest BCUT2D eigenvalue weighted by molar-refractivity contribution is 5.94. The van der Waals surface area contributed by atoms with Crippen LogP contribution in [-0.2, 0) is 25.9 Å². The van der Waals surface area contributed by atoms with E-state index in [1.165, 1.54) is 0 Å². The molecule has 4 aromatic rings. The Kier molecular flexibility index (Phi) is 4.97. The fourth-order valence-electron chi connectivity index (χ4n) is 4.04. The van der Waals surface area contributed by atoms with Gasteiger partial charge >= 0.3 is 0 Å². The van der Waals surface area contributed by atoms with Crippen molar-refractivity contribution in [2.75, 3.05) is 0 Å². The number of nitrogens with zero attached hydrogens (tertiary/aromatic N) is 6. The highest BCUT2D eigenvalue weighted by Gasteiger charge is 2.20. The molecule has 0 radical (unpaired) electrons. The Balaban J connectivity index is 1.29. The standard InChI is InChI=1S/C23H25N7O/c1-3-18-20(29-11-4-10-24-23(29)26-18)22(31)25-14-16-5-7-17(8-6-16)21-27-19-13-15(2)9-12-30(19)28-21/h4-8,10-11,15H,3,9,12-14H2,1-2H3,(H,25,31). The molecule has 5 rings (SSSR count). The Bertz CT molecular complexity index is 1240. The van der Waals surface area contributed by atoms with Crippen LogP contribution in [0.1, 0.15) is 47.8 Å². The van der Waals surface area contributed by atoms with Crippen LogP contribution in [0.25, 0.3) is 17.2 Å². The van der Waals surface area contributed by atoms with E-state index >= 15 is 0 Å². The number of hydrogen-bond donors (Lipinski definition) is 1. The topological polar surface area (TPSA) is 90.0 Å². The molecule has 0 saturated heterocycles. The number of carbonyl (C=O) groups is 1. The number of fused-ring (bicyclic) bond motifs is 2. The smallest absolute Gasteiger partial charge is 0.270 e. The lowest BCUT2D eigenvalue weighted by molar-refractivity contribution is 0.0944. The van der Waals surface area contributed by atoms with Crippen LogP contribution >= 0.6 is 0 Å². The Hall–Kier alpha value is -3.55. The number of imidazole rings is 1. The number of nitrogens with one attached hydrogen (secondary N) is 1. The van der Waals surface area contributed by atoms with Crippen molar-refractivity contribution < 1.29 is 4.79 Å². The second-order valence-corrected chi connectivity index (χ2v) is 8.10. The van der Waals surface area contributed by atoms with E-state index in [1.807, 2.05) is 42.1 Å². The lowest BCUT2D eigenvalue weighted by atomic mass is 10.0. The monoisotopic (exact) mass is 415 g/mol. The Labute approximate surface area is 180 Å². The number of rotatable bonds is 5. The fraction of sp³-hybridized carbons (Fsp3) is 0.348. The van der Waals surface area contributed by atoms with Crippen molar-refractivity contribution in [3.8, 4) is 11.4 Å². The molecule has 1 unspecified atom stereocenters. The van der Waals surface area contributed by atoms with Crippen LogP contribution < -0.4 is 5.32 Å². The van der Waals surface area contributed by atoms with E-state index in [4.69, 9.17) is 4.98 Å². The van der Waals surface area contributed by atoms with Gasteiger partial charge in [0.1, 0.15) is 11.5 Å². The third-order valence-electron chi connectivity index (χ3n) is 5.80. The van der Waals surface area contributed by atoms with E-state index in [-0.39, 0.29) is 5.91 Å². The minimum Gasteiger partial charge on any atom is -0.347 e. The molecule has 8 heteroatoms. The molecule has 158 valence electrons. The highest BCUT2D eigenvalue weighted by Crippen LogP contribution is 2.22. The average Bonchev–Trinajstić information content (AvgIpc) is 3.38. The summed E-state index contributed by atoms with van der Waals surface area (Å²) in [6.45, 7) is 5.61. The van der Waals surface area contributed by atoms with Crippen LogP contribution in [0.3, 0.4) is 0 Å². The third-order valence-corrected chi connectivity index (χ3v) is 5.80. The predicted molar refractivity (Wildman–Crippen MR) is 116 cm³/mol. The lowest BCUT2D eigenvalue weighted by Crippen LogP contribution is -2.25. The first kappa shape index (κ1) is 19.4. The van der Waals surface area contributed by atoms with Gasteiger partial charge in [-0.3, -0.25) is 9.20 Å². The molecule has 31 heavy (non-hydrogen) atoms. The van der Waals surface area contributed by atoms with Gasteiger partial charge in [-0.25, -0.2) is 19.6 Å². The molecule has 1 atom stereocenters. The van der Waals surface area contributed by atoms with Gasteiger partial charge in [-0.2, -0.15) is 5.10 Å². The Morgan fingerprint density at radius 2 is 2.06 bits per heavy atom.